The summed E-state index contributed by atoms with van der Waals surface area (Å²) in [7, 11) is 0. The van der Waals surface area contributed by atoms with E-state index in [-0.39, 0.29) is 11.9 Å². The Morgan fingerprint density at radius 2 is 2.08 bits per heavy atom. The highest BCUT2D eigenvalue weighted by atomic mass is 16.2. The molecule has 0 N–H and O–H groups in total. The van der Waals surface area contributed by atoms with Crippen molar-refractivity contribution in [3.8, 4) is 0 Å². The Bertz CT molecular complexity index is 727. The average Bonchev–Trinajstić information content (AvgIpc) is 2.95. The van der Waals surface area contributed by atoms with Crippen LogP contribution < -0.4 is 0 Å². The van der Waals surface area contributed by atoms with Gasteiger partial charge in [-0.2, -0.15) is 5.10 Å². The fraction of sp³-hybridized carbons (Fsp3) is 0.579. The summed E-state index contributed by atoms with van der Waals surface area (Å²) in [6.45, 7) is 6.94. The Labute approximate surface area is 143 Å². The molecule has 2 fully saturated rings. The van der Waals surface area contributed by atoms with Gasteiger partial charge in [0.2, 0.25) is 0 Å². The first kappa shape index (κ1) is 15.5. The van der Waals surface area contributed by atoms with Gasteiger partial charge in [-0.1, -0.05) is 0 Å². The van der Waals surface area contributed by atoms with Crippen molar-refractivity contribution in [1.82, 2.24) is 19.2 Å². The molecule has 2 aliphatic rings. The number of carbonyl (C=O) groups is 1. The van der Waals surface area contributed by atoms with Gasteiger partial charge < -0.3 is 9.47 Å². The molecule has 1 aliphatic heterocycles. The van der Waals surface area contributed by atoms with Gasteiger partial charge in [-0.15, -0.1) is 0 Å². The summed E-state index contributed by atoms with van der Waals surface area (Å²) in [5.74, 6) is 1.01. The maximum atomic E-state index is 13.2. The molecule has 24 heavy (non-hydrogen) atoms. The van der Waals surface area contributed by atoms with Crippen LogP contribution in [0.1, 0.15) is 47.4 Å². The van der Waals surface area contributed by atoms with Crippen LogP contribution in [0.5, 0.6) is 0 Å². The standard InChI is InChI=1S/C19H26N4O/c1-14-11-18(15(2)23(14)12-16-6-7-16)19(24)22-10-3-5-17(22)13-21-9-4-8-20-21/h4,8-9,11,16-17H,3,5-7,10,12-13H2,1-2H3/t17-/m0/s1. The first-order chi connectivity index (χ1) is 11.6. The molecule has 128 valence electrons. The number of hydrogen-bond donors (Lipinski definition) is 0. The number of likely N-dealkylation sites (tertiary alicyclic amines) is 1. The van der Waals surface area contributed by atoms with Crippen molar-refractivity contribution in [3.63, 3.8) is 0 Å². The fourth-order valence-electron chi connectivity index (χ4n) is 3.93. The zero-order valence-electron chi connectivity index (χ0n) is 14.6. The molecule has 1 amide bonds. The van der Waals surface area contributed by atoms with E-state index in [1.807, 2.05) is 16.9 Å². The predicted molar refractivity (Wildman–Crippen MR) is 92.9 cm³/mol. The molecular formula is C19H26N4O. The molecule has 1 saturated heterocycles. The molecule has 0 radical (unpaired) electrons. The topological polar surface area (TPSA) is 43.1 Å². The Morgan fingerprint density at radius 1 is 1.25 bits per heavy atom. The molecule has 1 aliphatic carbocycles. The molecule has 4 rings (SSSR count). The molecule has 5 nitrogen and oxygen atoms in total. The Kier molecular flexibility index (Phi) is 3.94. The highest BCUT2D eigenvalue weighted by Gasteiger charge is 2.32. The van der Waals surface area contributed by atoms with E-state index in [4.69, 9.17) is 0 Å². The number of nitrogens with zero attached hydrogens (tertiary/aromatic N) is 4. The van der Waals surface area contributed by atoms with Gasteiger partial charge in [0.15, 0.2) is 0 Å². The fourth-order valence-corrected chi connectivity index (χ4v) is 3.93. The highest BCUT2D eigenvalue weighted by molar-refractivity contribution is 5.96. The van der Waals surface area contributed by atoms with Crippen molar-refractivity contribution in [2.24, 2.45) is 5.92 Å². The predicted octanol–water partition coefficient (Wildman–Crippen LogP) is 3.02. The minimum absolute atomic E-state index is 0.194. The molecule has 1 saturated carbocycles. The molecule has 0 aromatic carbocycles. The zero-order chi connectivity index (χ0) is 16.7. The van der Waals surface area contributed by atoms with Crippen molar-refractivity contribution in [2.45, 2.75) is 58.7 Å². The highest BCUT2D eigenvalue weighted by Crippen LogP contribution is 2.33. The molecule has 1 atom stereocenters. The summed E-state index contributed by atoms with van der Waals surface area (Å²) in [4.78, 5) is 15.2. The number of carbonyl (C=O) groups excluding carboxylic acids is 1. The Morgan fingerprint density at radius 3 is 2.79 bits per heavy atom. The second-order valence-corrected chi connectivity index (χ2v) is 7.36. The van der Waals surface area contributed by atoms with Gasteiger partial charge >= 0.3 is 0 Å². The lowest BCUT2D eigenvalue weighted by Gasteiger charge is -2.25. The van der Waals surface area contributed by atoms with E-state index in [2.05, 4.69) is 34.5 Å². The van der Waals surface area contributed by atoms with Gasteiger partial charge in [-0.25, -0.2) is 0 Å². The van der Waals surface area contributed by atoms with E-state index in [0.29, 0.717) is 0 Å². The number of amides is 1. The van der Waals surface area contributed by atoms with E-state index in [1.54, 1.807) is 6.20 Å². The summed E-state index contributed by atoms with van der Waals surface area (Å²) in [6, 6.07) is 4.28. The van der Waals surface area contributed by atoms with Crippen LogP contribution in [0.25, 0.3) is 0 Å². The van der Waals surface area contributed by atoms with Crippen molar-refractivity contribution >= 4 is 5.91 Å². The third-order valence-corrected chi connectivity index (χ3v) is 5.54. The van der Waals surface area contributed by atoms with Crippen LogP contribution in [0.2, 0.25) is 0 Å². The molecular weight excluding hydrogens is 300 g/mol. The smallest absolute Gasteiger partial charge is 0.255 e. The van der Waals surface area contributed by atoms with E-state index < -0.39 is 0 Å². The number of rotatable bonds is 5. The maximum Gasteiger partial charge on any atom is 0.255 e. The van der Waals surface area contributed by atoms with E-state index >= 15 is 0 Å². The first-order valence-electron chi connectivity index (χ1n) is 9.08. The van der Waals surface area contributed by atoms with Crippen LogP contribution in [0.15, 0.2) is 24.5 Å². The van der Waals surface area contributed by atoms with Crippen LogP contribution in [-0.4, -0.2) is 37.7 Å². The van der Waals surface area contributed by atoms with Crippen LogP contribution in [0.3, 0.4) is 0 Å². The average molecular weight is 326 g/mol. The van der Waals surface area contributed by atoms with Gasteiger partial charge in [0.1, 0.15) is 0 Å². The van der Waals surface area contributed by atoms with Crippen LogP contribution in [-0.2, 0) is 13.1 Å². The number of aromatic nitrogens is 3. The second kappa shape index (κ2) is 6.11. The number of aryl methyl sites for hydroxylation is 1. The van der Waals surface area contributed by atoms with Gasteiger partial charge in [-0.05, 0) is 57.6 Å². The van der Waals surface area contributed by atoms with E-state index in [9.17, 15) is 4.79 Å². The lowest BCUT2D eigenvalue weighted by atomic mass is 10.1. The summed E-state index contributed by atoms with van der Waals surface area (Å²) in [5.41, 5.74) is 3.24. The SMILES string of the molecule is Cc1cc(C(=O)N2CCC[C@H]2Cn2cccn2)c(C)n1CC1CC1. The maximum absolute atomic E-state index is 13.2. The van der Waals surface area contributed by atoms with Crippen molar-refractivity contribution in [2.75, 3.05) is 6.54 Å². The molecule has 3 heterocycles. The minimum Gasteiger partial charge on any atom is -0.348 e. The van der Waals surface area contributed by atoms with Crippen molar-refractivity contribution in [3.05, 3.63) is 41.5 Å². The third kappa shape index (κ3) is 2.87. The normalized spacial score (nSPS) is 20.8. The van der Waals surface area contributed by atoms with Crippen molar-refractivity contribution in [1.29, 1.82) is 0 Å². The molecule has 0 unspecified atom stereocenters. The first-order valence-corrected chi connectivity index (χ1v) is 9.08. The van der Waals surface area contributed by atoms with Crippen LogP contribution in [0.4, 0.5) is 0 Å². The van der Waals surface area contributed by atoms with Gasteiger partial charge in [0.25, 0.3) is 5.91 Å². The van der Waals surface area contributed by atoms with E-state index in [1.165, 1.54) is 18.5 Å². The van der Waals surface area contributed by atoms with Gasteiger partial charge in [0.05, 0.1) is 18.2 Å². The molecule has 0 bridgehead atoms. The van der Waals surface area contributed by atoms with E-state index in [0.717, 1.165) is 49.7 Å². The lowest BCUT2D eigenvalue weighted by molar-refractivity contribution is 0.0720. The zero-order valence-corrected chi connectivity index (χ0v) is 14.6. The summed E-state index contributed by atoms with van der Waals surface area (Å²) in [5, 5.41) is 4.30. The summed E-state index contributed by atoms with van der Waals surface area (Å²) in [6.07, 6.45) is 8.58. The monoisotopic (exact) mass is 326 g/mol. The Balaban J connectivity index is 1.54. The number of hydrogen-bond acceptors (Lipinski definition) is 2. The molecule has 2 aromatic heterocycles. The molecule has 2 aromatic rings. The lowest BCUT2D eigenvalue weighted by Crippen LogP contribution is -2.38. The van der Waals surface area contributed by atoms with Crippen LogP contribution in [0, 0.1) is 19.8 Å². The van der Waals surface area contributed by atoms with Gasteiger partial charge in [0, 0.05) is 36.9 Å². The van der Waals surface area contributed by atoms with Crippen LogP contribution >= 0.6 is 0 Å². The van der Waals surface area contributed by atoms with Gasteiger partial charge in [-0.3, -0.25) is 9.48 Å². The summed E-state index contributed by atoms with van der Waals surface area (Å²) >= 11 is 0. The Hall–Kier alpha value is -2.04. The van der Waals surface area contributed by atoms with Crippen molar-refractivity contribution < 1.29 is 4.79 Å². The minimum atomic E-state index is 0.194. The quantitative estimate of drug-likeness (QED) is 0.848. The third-order valence-electron chi connectivity index (χ3n) is 5.54. The molecule has 5 heteroatoms. The molecule has 0 spiro atoms. The largest absolute Gasteiger partial charge is 0.348 e. The summed E-state index contributed by atoms with van der Waals surface area (Å²) < 4.78 is 4.27. The second-order valence-electron chi connectivity index (χ2n) is 7.36.